The monoisotopic (exact) mass is 396 g/mol. The van der Waals surface area contributed by atoms with E-state index in [0.29, 0.717) is 17.9 Å². The zero-order chi connectivity index (χ0) is 19.7. The summed E-state index contributed by atoms with van der Waals surface area (Å²) in [7, 11) is -2.96. The van der Waals surface area contributed by atoms with Gasteiger partial charge < -0.3 is 4.98 Å². The molecule has 0 aromatic carbocycles. The third-order valence-electron chi connectivity index (χ3n) is 4.72. The molecule has 0 aliphatic carbocycles. The van der Waals surface area contributed by atoms with E-state index in [1.54, 1.807) is 29.6 Å². The van der Waals surface area contributed by atoms with Crippen molar-refractivity contribution in [1.82, 2.24) is 29.7 Å². The van der Waals surface area contributed by atoms with Gasteiger partial charge in [0.25, 0.3) is 0 Å². The maximum absolute atomic E-state index is 11.4. The molecular weight excluding hydrogens is 376 g/mol. The Labute approximate surface area is 162 Å². The second-order valence-electron chi connectivity index (χ2n) is 6.90. The molecule has 0 amide bonds. The number of aromatic amines is 1. The third kappa shape index (κ3) is 3.79. The van der Waals surface area contributed by atoms with E-state index in [0.717, 1.165) is 22.2 Å². The molecule has 1 atom stereocenters. The highest BCUT2D eigenvalue weighted by Gasteiger charge is 2.12. The van der Waals surface area contributed by atoms with E-state index in [1.807, 2.05) is 31.3 Å². The number of hydrogen-bond acceptors (Lipinski definition) is 6. The van der Waals surface area contributed by atoms with Gasteiger partial charge in [-0.15, -0.1) is 0 Å². The van der Waals surface area contributed by atoms with Crippen LogP contribution in [0.4, 0.5) is 0 Å². The molecule has 0 saturated heterocycles. The van der Waals surface area contributed by atoms with Gasteiger partial charge in [-0.05, 0) is 30.0 Å². The molecule has 8 nitrogen and oxygen atoms in total. The summed E-state index contributed by atoms with van der Waals surface area (Å²) < 4.78 is 24.4. The minimum absolute atomic E-state index is 0.120. The Morgan fingerprint density at radius 2 is 2.00 bits per heavy atom. The molecule has 0 radical (unpaired) electrons. The van der Waals surface area contributed by atoms with Crippen molar-refractivity contribution in [3.8, 4) is 16.9 Å². The van der Waals surface area contributed by atoms with Gasteiger partial charge in [-0.2, -0.15) is 5.10 Å². The summed E-state index contributed by atoms with van der Waals surface area (Å²) in [6.45, 7) is 2.01. The highest BCUT2D eigenvalue weighted by Crippen LogP contribution is 2.26. The summed E-state index contributed by atoms with van der Waals surface area (Å²) in [5, 5.41) is 4.42. The molecule has 4 aromatic heterocycles. The van der Waals surface area contributed by atoms with Crippen LogP contribution in [0.1, 0.15) is 24.8 Å². The fourth-order valence-electron chi connectivity index (χ4n) is 3.06. The van der Waals surface area contributed by atoms with Crippen LogP contribution in [-0.4, -0.2) is 50.1 Å². The Balaban J connectivity index is 1.55. The van der Waals surface area contributed by atoms with Crippen LogP contribution in [-0.2, 0) is 9.84 Å². The maximum atomic E-state index is 11.4. The van der Waals surface area contributed by atoms with Gasteiger partial charge >= 0.3 is 0 Å². The van der Waals surface area contributed by atoms with E-state index >= 15 is 0 Å². The molecule has 28 heavy (non-hydrogen) atoms. The first-order valence-electron chi connectivity index (χ1n) is 8.88. The lowest BCUT2D eigenvalue weighted by Crippen LogP contribution is -2.07. The van der Waals surface area contributed by atoms with Gasteiger partial charge in [-0.3, -0.25) is 0 Å². The van der Waals surface area contributed by atoms with Crippen LogP contribution < -0.4 is 0 Å². The second-order valence-corrected chi connectivity index (χ2v) is 9.16. The molecule has 1 N–H and O–H groups in total. The zero-order valence-electron chi connectivity index (χ0n) is 15.6. The van der Waals surface area contributed by atoms with Crippen molar-refractivity contribution in [3.05, 3.63) is 54.9 Å². The number of aromatic nitrogens is 6. The average Bonchev–Trinajstić information content (AvgIpc) is 3.35. The van der Waals surface area contributed by atoms with E-state index < -0.39 is 9.84 Å². The summed E-state index contributed by atoms with van der Waals surface area (Å²) in [6.07, 6.45) is 10.6. The predicted octanol–water partition coefficient (Wildman–Crippen LogP) is 2.74. The molecule has 0 fully saturated rings. The molecule has 1 unspecified atom stereocenters. The molecule has 0 spiro atoms. The molecule has 4 aromatic rings. The summed E-state index contributed by atoms with van der Waals surface area (Å²) in [4.78, 5) is 16.0. The third-order valence-corrected chi connectivity index (χ3v) is 5.69. The topological polar surface area (TPSA) is 106 Å². The van der Waals surface area contributed by atoms with Gasteiger partial charge in [-0.1, -0.05) is 13.0 Å². The lowest BCUT2D eigenvalue weighted by molar-refractivity contribution is 0.594. The summed E-state index contributed by atoms with van der Waals surface area (Å²) in [5.41, 5.74) is 4.44. The standard InChI is InChI=1S/C19H20N6O2S/c1-13(6-8-28(2,26)27)14-3-4-17(21-9-14)25-11-15(10-24-25)16-5-7-20-19-18(16)22-12-23-19/h3-5,7,9-13H,6,8H2,1-2H3,(H,20,22,23). The van der Waals surface area contributed by atoms with E-state index in [-0.39, 0.29) is 11.7 Å². The molecule has 144 valence electrons. The normalized spacial score (nSPS) is 13.1. The number of nitrogens with one attached hydrogen (secondary N) is 1. The number of nitrogens with zero attached hydrogens (tertiary/aromatic N) is 5. The smallest absolute Gasteiger partial charge is 0.178 e. The number of H-pyrrole nitrogens is 1. The first-order valence-corrected chi connectivity index (χ1v) is 10.9. The SMILES string of the molecule is CC(CCS(C)(=O)=O)c1ccc(-n2cc(-c3ccnc4nc[nH]c34)cn2)nc1. The van der Waals surface area contributed by atoms with Crippen LogP contribution in [0, 0.1) is 0 Å². The first-order chi connectivity index (χ1) is 13.4. The lowest BCUT2D eigenvalue weighted by Gasteiger charge is -2.11. The summed E-state index contributed by atoms with van der Waals surface area (Å²) >= 11 is 0. The highest BCUT2D eigenvalue weighted by molar-refractivity contribution is 7.90. The zero-order valence-corrected chi connectivity index (χ0v) is 16.4. The predicted molar refractivity (Wildman–Crippen MR) is 107 cm³/mol. The van der Waals surface area contributed by atoms with E-state index in [1.165, 1.54) is 6.26 Å². The Kier molecular flexibility index (Phi) is 4.68. The van der Waals surface area contributed by atoms with Gasteiger partial charge in [0.1, 0.15) is 9.84 Å². The molecule has 0 aliphatic rings. The number of pyridine rings is 2. The molecule has 4 heterocycles. The lowest BCUT2D eigenvalue weighted by atomic mass is 10.0. The van der Waals surface area contributed by atoms with Crippen molar-refractivity contribution in [2.75, 3.05) is 12.0 Å². The average molecular weight is 396 g/mol. The Morgan fingerprint density at radius 3 is 2.75 bits per heavy atom. The number of rotatable bonds is 6. The van der Waals surface area contributed by atoms with Crippen LogP contribution in [0.3, 0.4) is 0 Å². The molecule has 9 heteroatoms. The number of imidazole rings is 1. The Morgan fingerprint density at radius 1 is 1.14 bits per heavy atom. The number of hydrogen-bond donors (Lipinski definition) is 1. The fraction of sp³-hybridized carbons (Fsp3) is 0.263. The molecule has 0 bridgehead atoms. The van der Waals surface area contributed by atoms with E-state index in [4.69, 9.17) is 0 Å². The molecule has 0 aliphatic heterocycles. The van der Waals surface area contributed by atoms with Crippen molar-refractivity contribution >= 4 is 21.0 Å². The van der Waals surface area contributed by atoms with Crippen molar-refractivity contribution in [2.24, 2.45) is 0 Å². The molecule has 4 rings (SSSR count). The van der Waals surface area contributed by atoms with Crippen LogP contribution in [0.2, 0.25) is 0 Å². The highest BCUT2D eigenvalue weighted by atomic mass is 32.2. The number of sulfone groups is 1. The van der Waals surface area contributed by atoms with Crippen molar-refractivity contribution in [3.63, 3.8) is 0 Å². The van der Waals surface area contributed by atoms with Gasteiger partial charge in [0.15, 0.2) is 11.5 Å². The largest absolute Gasteiger partial charge is 0.343 e. The summed E-state index contributed by atoms with van der Waals surface area (Å²) in [5.74, 6) is 0.988. The van der Waals surface area contributed by atoms with Gasteiger partial charge in [0.05, 0.1) is 23.8 Å². The first kappa shape index (κ1) is 18.3. The van der Waals surface area contributed by atoms with Crippen LogP contribution >= 0.6 is 0 Å². The van der Waals surface area contributed by atoms with Crippen molar-refractivity contribution < 1.29 is 8.42 Å². The molecule has 0 saturated carbocycles. The minimum atomic E-state index is -2.96. The van der Waals surface area contributed by atoms with Gasteiger partial charge in [0, 0.05) is 36.0 Å². The second kappa shape index (κ2) is 7.16. The molecular formula is C19H20N6O2S. The van der Waals surface area contributed by atoms with E-state index in [9.17, 15) is 8.42 Å². The Hall–Kier alpha value is -3.07. The van der Waals surface area contributed by atoms with Crippen molar-refractivity contribution in [1.29, 1.82) is 0 Å². The van der Waals surface area contributed by atoms with Crippen LogP contribution in [0.5, 0.6) is 0 Å². The van der Waals surface area contributed by atoms with Gasteiger partial charge in [-0.25, -0.2) is 28.1 Å². The maximum Gasteiger partial charge on any atom is 0.178 e. The number of fused-ring (bicyclic) bond motifs is 1. The Bertz CT molecular complexity index is 1210. The fourth-order valence-corrected chi connectivity index (χ4v) is 3.84. The van der Waals surface area contributed by atoms with Crippen molar-refractivity contribution in [2.45, 2.75) is 19.3 Å². The van der Waals surface area contributed by atoms with Gasteiger partial charge in [0.2, 0.25) is 0 Å². The summed E-state index contributed by atoms with van der Waals surface area (Å²) in [6, 6.07) is 5.78. The van der Waals surface area contributed by atoms with E-state index in [2.05, 4.69) is 25.0 Å². The van der Waals surface area contributed by atoms with Crippen LogP contribution in [0.15, 0.2) is 49.3 Å². The quantitative estimate of drug-likeness (QED) is 0.537. The van der Waals surface area contributed by atoms with Crippen LogP contribution in [0.25, 0.3) is 28.1 Å². The minimum Gasteiger partial charge on any atom is -0.343 e.